The number of methoxy groups -OCH3 is 1. The molecule has 0 bridgehead atoms. The summed E-state index contributed by atoms with van der Waals surface area (Å²) in [4.78, 5) is 15.6. The summed E-state index contributed by atoms with van der Waals surface area (Å²) in [6, 6.07) is 7.16. The highest BCUT2D eigenvalue weighted by Gasteiger charge is 2.01. The van der Waals surface area contributed by atoms with Gasteiger partial charge < -0.3 is 9.57 Å². The highest BCUT2D eigenvalue weighted by Crippen LogP contribution is 2.10. The largest absolute Gasteiger partial charge is 0.466 e. The summed E-state index contributed by atoms with van der Waals surface area (Å²) in [5, 5.41) is 4.44. The van der Waals surface area contributed by atoms with Crippen molar-refractivity contribution < 1.29 is 14.4 Å². The average molecular weight is 242 g/mol. The van der Waals surface area contributed by atoms with Crippen LogP contribution in [-0.2, 0) is 14.4 Å². The molecule has 0 saturated heterocycles. The van der Waals surface area contributed by atoms with E-state index in [1.807, 2.05) is 12.1 Å². The Bertz CT molecular complexity index is 387. The molecule has 86 valence electrons. The molecule has 0 unspecified atom stereocenters. The summed E-state index contributed by atoms with van der Waals surface area (Å²) in [6.07, 6.45) is 0. The smallest absolute Gasteiger partial charge is 0.346 e. The first-order valence-electron chi connectivity index (χ1n) is 4.63. The summed E-state index contributed by atoms with van der Waals surface area (Å²) in [6.45, 7) is 1.59. The number of carbonyl (C=O) groups is 1. The molecule has 0 amide bonds. The summed E-state index contributed by atoms with van der Waals surface area (Å²) in [5.41, 5.74) is 1.55. The third-order valence-corrected chi connectivity index (χ3v) is 2.13. The van der Waals surface area contributed by atoms with Crippen LogP contribution in [0.15, 0.2) is 29.4 Å². The van der Waals surface area contributed by atoms with Crippen molar-refractivity contribution in [1.82, 2.24) is 0 Å². The summed E-state index contributed by atoms with van der Waals surface area (Å²) < 4.78 is 4.40. The van der Waals surface area contributed by atoms with E-state index < -0.39 is 5.97 Å². The summed E-state index contributed by atoms with van der Waals surface area (Å²) in [7, 11) is 1.29. The predicted octanol–water partition coefficient (Wildman–Crippen LogP) is 2.25. The van der Waals surface area contributed by atoms with Crippen LogP contribution in [0.3, 0.4) is 0 Å². The minimum absolute atomic E-state index is 0.193. The minimum atomic E-state index is -0.465. The standard InChI is InChI=1S/C11H12ClNO3/c1-8(13-16-7-11(14)15-2)9-3-5-10(12)6-4-9/h3-6H,7H2,1-2H3. The topological polar surface area (TPSA) is 47.9 Å². The normalized spacial score (nSPS) is 11.1. The number of nitrogens with zero attached hydrogens (tertiary/aromatic N) is 1. The lowest BCUT2D eigenvalue weighted by molar-refractivity contribution is -0.145. The molecule has 4 nitrogen and oxygen atoms in total. The average Bonchev–Trinajstić information content (AvgIpc) is 2.29. The van der Waals surface area contributed by atoms with E-state index in [1.165, 1.54) is 7.11 Å². The van der Waals surface area contributed by atoms with Crippen molar-refractivity contribution >= 4 is 23.3 Å². The van der Waals surface area contributed by atoms with Crippen molar-refractivity contribution in [3.63, 3.8) is 0 Å². The van der Waals surface area contributed by atoms with Gasteiger partial charge >= 0.3 is 5.97 Å². The van der Waals surface area contributed by atoms with E-state index in [2.05, 4.69) is 9.89 Å². The van der Waals surface area contributed by atoms with Crippen molar-refractivity contribution in [2.75, 3.05) is 13.7 Å². The second kappa shape index (κ2) is 6.12. The number of rotatable bonds is 4. The van der Waals surface area contributed by atoms with Crippen LogP contribution in [0.2, 0.25) is 5.02 Å². The van der Waals surface area contributed by atoms with Gasteiger partial charge in [-0.25, -0.2) is 4.79 Å². The lowest BCUT2D eigenvalue weighted by Crippen LogP contribution is -2.08. The Balaban J connectivity index is 2.56. The van der Waals surface area contributed by atoms with Crippen LogP contribution in [0.5, 0.6) is 0 Å². The molecule has 1 aromatic carbocycles. The molecule has 0 fully saturated rings. The molecule has 1 aromatic rings. The molecule has 0 aliphatic rings. The second-order valence-electron chi connectivity index (χ2n) is 3.03. The van der Waals surface area contributed by atoms with E-state index in [0.29, 0.717) is 10.7 Å². The second-order valence-corrected chi connectivity index (χ2v) is 3.47. The molecule has 0 aliphatic heterocycles. The van der Waals surface area contributed by atoms with Gasteiger partial charge in [-0.3, -0.25) is 0 Å². The van der Waals surface area contributed by atoms with E-state index in [9.17, 15) is 4.79 Å². The highest BCUT2D eigenvalue weighted by molar-refractivity contribution is 6.30. The molecule has 0 radical (unpaired) electrons. The van der Waals surface area contributed by atoms with Crippen molar-refractivity contribution in [3.05, 3.63) is 34.9 Å². The van der Waals surface area contributed by atoms with E-state index >= 15 is 0 Å². The molecule has 16 heavy (non-hydrogen) atoms. The molecule has 0 aliphatic carbocycles. The zero-order chi connectivity index (χ0) is 12.0. The van der Waals surface area contributed by atoms with E-state index in [-0.39, 0.29) is 6.61 Å². The number of carbonyl (C=O) groups excluding carboxylic acids is 1. The van der Waals surface area contributed by atoms with Gasteiger partial charge in [-0.2, -0.15) is 0 Å². The van der Waals surface area contributed by atoms with Crippen LogP contribution in [0.25, 0.3) is 0 Å². The molecule has 0 saturated carbocycles. The Morgan fingerprint density at radius 3 is 2.56 bits per heavy atom. The van der Waals surface area contributed by atoms with Crippen LogP contribution in [-0.4, -0.2) is 25.4 Å². The van der Waals surface area contributed by atoms with Gasteiger partial charge in [-0.1, -0.05) is 28.9 Å². The third-order valence-electron chi connectivity index (χ3n) is 1.87. The van der Waals surface area contributed by atoms with Crippen molar-refractivity contribution in [2.45, 2.75) is 6.92 Å². The van der Waals surface area contributed by atoms with Gasteiger partial charge in [0, 0.05) is 5.02 Å². The Morgan fingerprint density at radius 2 is 2.00 bits per heavy atom. The number of hydrogen-bond acceptors (Lipinski definition) is 4. The molecule has 0 spiro atoms. The van der Waals surface area contributed by atoms with Crippen molar-refractivity contribution in [3.8, 4) is 0 Å². The monoisotopic (exact) mass is 241 g/mol. The zero-order valence-corrected chi connectivity index (χ0v) is 9.82. The SMILES string of the molecule is COC(=O)CON=C(C)c1ccc(Cl)cc1. The molecule has 0 N–H and O–H groups in total. The van der Waals surface area contributed by atoms with Crippen LogP contribution in [0.1, 0.15) is 12.5 Å². The van der Waals surface area contributed by atoms with Crippen LogP contribution in [0, 0.1) is 0 Å². The lowest BCUT2D eigenvalue weighted by atomic mass is 10.1. The highest BCUT2D eigenvalue weighted by atomic mass is 35.5. The molecular weight excluding hydrogens is 230 g/mol. The predicted molar refractivity (Wildman–Crippen MR) is 61.6 cm³/mol. The van der Waals surface area contributed by atoms with E-state index in [0.717, 1.165) is 5.56 Å². The van der Waals surface area contributed by atoms with Crippen LogP contribution < -0.4 is 0 Å². The van der Waals surface area contributed by atoms with Gasteiger partial charge in [0.25, 0.3) is 0 Å². The van der Waals surface area contributed by atoms with Crippen molar-refractivity contribution in [2.24, 2.45) is 5.16 Å². The maximum atomic E-state index is 10.7. The maximum absolute atomic E-state index is 10.7. The van der Waals surface area contributed by atoms with Gasteiger partial charge in [0.15, 0.2) is 0 Å². The molecule has 0 heterocycles. The Kier molecular flexibility index (Phi) is 4.79. The summed E-state index contributed by atoms with van der Waals surface area (Å²) >= 11 is 5.75. The van der Waals surface area contributed by atoms with E-state index in [1.54, 1.807) is 19.1 Å². The Labute approximate surface area is 98.8 Å². The fourth-order valence-electron chi connectivity index (χ4n) is 0.985. The van der Waals surface area contributed by atoms with E-state index in [4.69, 9.17) is 16.4 Å². The fourth-order valence-corrected chi connectivity index (χ4v) is 1.11. The lowest BCUT2D eigenvalue weighted by Gasteiger charge is -2.01. The number of benzene rings is 1. The molecule has 0 aromatic heterocycles. The van der Waals surface area contributed by atoms with Gasteiger partial charge in [0.1, 0.15) is 0 Å². The van der Waals surface area contributed by atoms with Crippen LogP contribution >= 0.6 is 11.6 Å². The molecule has 5 heteroatoms. The molecule has 1 rings (SSSR count). The first-order chi connectivity index (χ1) is 7.63. The number of halogens is 1. The van der Waals surface area contributed by atoms with Crippen LogP contribution in [0.4, 0.5) is 0 Å². The Hall–Kier alpha value is -1.55. The molecular formula is C11H12ClNO3. The van der Waals surface area contributed by atoms with Gasteiger partial charge in [-0.05, 0) is 24.6 Å². The number of esters is 1. The Morgan fingerprint density at radius 1 is 1.38 bits per heavy atom. The molecule has 0 atom stereocenters. The number of hydrogen-bond donors (Lipinski definition) is 0. The third kappa shape index (κ3) is 3.90. The van der Waals surface area contributed by atoms with Gasteiger partial charge in [-0.15, -0.1) is 0 Å². The van der Waals surface area contributed by atoms with Gasteiger partial charge in [0.05, 0.1) is 12.8 Å². The zero-order valence-electron chi connectivity index (χ0n) is 9.07. The maximum Gasteiger partial charge on any atom is 0.346 e. The summed E-state index contributed by atoms with van der Waals surface area (Å²) in [5.74, 6) is -0.465. The first-order valence-corrected chi connectivity index (χ1v) is 5.00. The number of oxime groups is 1. The fraction of sp³-hybridized carbons (Fsp3) is 0.273. The van der Waals surface area contributed by atoms with Crippen molar-refractivity contribution in [1.29, 1.82) is 0 Å². The minimum Gasteiger partial charge on any atom is -0.466 e. The quantitative estimate of drug-likeness (QED) is 0.462. The number of ether oxygens (including phenoxy) is 1. The first kappa shape index (κ1) is 12.5. The van der Waals surface area contributed by atoms with Gasteiger partial charge in [0.2, 0.25) is 6.61 Å².